The summed E-state index contributed by atoms with van der Waals surface area (Å²) in [5.74, 6) is 2.75. The van der Waals surface area contributed by atoms with Gasteiger partial charge in [0.05, 0.1) is 8.07 Å². The summed E-state index contributed by atoms with van der Waals surface area (Å²) in [6.07, 6.45) is 24.7. The van der Waals surface area contributed by atoms with Gasteiger partial charge in [-0.15, -0.1) is 19.7 Å². The Labute approximate surface area is 218 Å². The highest BCUT2D eigenvalue weighted by atomic mass is 28.3. The van der Waals surface area contributed by atoms with Crippen LogP contribution in [0.2, 0.25) is 32.2 Å². The predicted molar refractivity (Wildman–Crippen MR) is 165 cm³/mol. The minimum absolute atomic E-state index is 0.610. The van der Waals surface area contributed by atoms with Gasteiger partial charge < -0.3 is 4.43 Å². The molecule has 4 atom stereocenters. The van der Waals surface area contributed by atoms with E-state index in [1.165, 1.54) is 38.1 Å². The van der Waals surface area contributed by atoms with Crippen LogP contribution in [0, 0.1) is 23.7 Å². The van der Waals surface area contributed by atoms with E-state index in [-0.39, 0.29) is 0 Å². The molecule has 0 aliphatic carbocycles. The summed E-state index contributed by atoms with van der Waals surface area (Å²) in [7, 11) is -2.01. The molecule has 0 rings (SSSR count). The molecule has 0 saturated carbocycles. The Kier molecular flexibility index (Phi) is 23.4. The van der Waals surface area contributed by atoms with Crippen molar-refractivity contribution in [3.05, 3.63) is 62.3 Å². The Hall–Kier alpha value is -0.906. The molecule has 0 bridgehead atoms. The Balaban J connectivity index is 0. The van der Waals surface area contributed by atoms with Crippen molar-refractivity contribution in [3.8, 4) is 0 Å². The zero-order chi connectivity index (χ0) is 26.4. The second-order valence-corrected chi connectivity index (χ2v) is 18.4. The molecule has 0 radical (unpaired) electrons. The largest absolute Gasteiger partial charge is 0.424 e. The molecule has 0 aromatic heterocycles. The summed E-state index contributed by atoms with van der Waals surface area (Å²) >= 11 is 0. The first-order valence-corrected chi connectivity index (χ1v) is 20.0. The maximum absolute atomic E-state index is 6.00. The number of allylic oxidation sites excluding steroid dienone is 7. The molecule has 0 aliphatic rings. The van der Waals surface area contributed by atoms with Gasteiger partial charge in [-0.05, 0) is 82.7 Å². The number of hydrogen-bond acceptors (Lipinski definition) is 1. The van der Waals surface area contributed by atoms with Crippen LogP contribution in [0.25, 0.3) is 0 Å². The quantitative estimate of drug-likeness (QED) is 0.125. The minimum Gasteiger partial charge on any atom is -0.424 e. The summed E-state index contributed by atoms with van der Waals surface area (Å²) in [4.78, 5) is 0. The van der Waals surface area contributed by atoms with Crippen molar-refractivity contribution in [1.82, 2.24) is 0 Å². The lowest BCUT2D eigenvalue weighted by Crippen LogP contribution is -2.35. The van der Waals surface area contributed by atoms with E-state index in [9.17, 15) is 0 Å². The second-order valence-electron chi connectivity index (χ2n) is 10.8. The van der Waals surface area contributed by atoms with Gasteiger partial charge >= 0.3 is 0 Å². The van der Waals surface area contributed by atoms with Crippen molar-refractivity contribution < 1.29 is 4.43 Å². The van der Waals surface area contributed by atoms with Gasteiger partial charge in [0.25, 0.3) is 0 Å². The minimum atomic E-state index is -1.16. The van der Waals surface area contributed by atoms with Gasteiger partial charge in [-0.3, -0.25) is 0 Å². The van der Waals surface area contributed by atoms with Crippen molar-refractivity contribution in [3.63, 3.8) is 0 Å². The van der Waals surface area contributed by atoms with Crippen LogP contribution < -0.4 is 0 Å². The van der Waals surface area contributed by atoms with Gasteiger partial charge in [0.2, 0.25) is 0 Å². The van der Waals surface area contributed by atoms with Crippen molar-refractivity contribution in [1.29, 1.82) is 0 Å². The smallest absolute Gasteiger partial charge is 0.170 e. The first-order chi connectivity index (χ1) is 16.1. The lowest BCUT2D eigenvalue weighted by Gasteiger charge is -2.27. The van der Waals surface area contributed by atoms with Crippen LogP contribution in [0.3, 0.4) is 0 Å². The summed E-state index contributed by atoms with van der Waals surface area (Å²) < 4.78 is 6.00. The van der Waals surface area contributed by atoms with E-state index in [1.807, 2.05) is 0 Å². The first kappa shape index (κ1) is 35.3. The van der Waals surface area contributed by atoms with Gasteiger partial charge in [-0.2, -0.15) is 0 Å². The standard InChI is InChI=1S/C18H38OSi2.C13H22/c1-8-11-12-17(9-2)15-18(10-3)13-14-21(6,7)16-19-20(4)5;1-5-9-10-13(8-4)11-12(6-2)7-3/h8-9,11,17-18,20H,2,10,12-16H2,1,3-7H3;5-6,8-9,12-13H,2,4,7,10-11H2,1,3H3/b11-8+;9-5+. The molecule has 0 N–H and O–H groups in total. The summed E-state index contributed by atoms with van der Waals surface area (Å²) in [5.41, 5.74) is 0. The van der Waals surface area contributed by atoms with Crippen molar-refractivity contribution in [2.45, 2.75) is 105 Å². The third kappa shape index (κ3) is 20.5. The van der Waals surface area contributed by atoms with Crippen molar-refractivity contribution in [2.24, 2.45) is 23.7 Å². The second kappa shape index (κ2) is 22.6. The molecule has 0 saturated heterocycles. The van der Waals surface area contributed by atoms with Gasteiger partial charge in [-0.1, -0.05) is 88.4 Å². The van der Waals surface area contributed by atoms with E-state index in [1.54, 1.807) is 0 Å². The van der Waals surface area contributed by atoms with Gasteiger partial charge in [0.1, 0.15) is 0 Å². The molecule has 4 unspecified atom stereocenters. The average molecular weight is 505 g/mol. The van der Waals surface area contributed by atoms with Crippen LogP contribution >= 0.6 is 0 Å². The Morgan fingerprint density at radius 2 is 1.29 bits per heavy atom. The van der Waals surface area contributed by atoms with Crippen LogP contribution in [0.1, 0.15) is 72.6 Å². The molecule has 0 aromatic rings. The Morgan fingerprint density at radius 3 is 1.68 bits per heavy atom. The lowest BCUT2D eigenvalue weighted by molar-refractivity contribution is 0.377. The maximum atomic E-state index is 6.00. The SMILES string of the molecule is C=CC(C/C=C/C)CC(CC)CC[Si](C)(C)CO[SiH](C)C.C=CC(CC)CC(C=C)C/C=C/C. The van der Waals surface area contributed by atoms with Gasteiger partial charge in [-0.25, -0.2) is 0 Å². The molecule has 0 aromatic carbocycles. The molecule has 0 aliphatic heterocycles. The van der Waals surface area contributed by atoms with Crippen LogP contribution in [0.5, 0.6) is 0 Å². The first-order valence-electron chi connectivity index (χ1n) is 13.8. The van der Waals surface area contributed by atoms with E-state index in [0.717, 1.165) is 25.0 Å². The van der Waals surface area contributed by atoms with Crippen LogP contribution in [-0.4, -0.2) is 23.3 Å². The van der Waals surface area contributed by atoms with E-state index in [4.69, 9.17) is 4.43 Å². The van der Waals surface area contributed by atoms with Crippen molar-refractivity contribution >= 4 is 17.1 Å². The fraction of sp³-hybridized carbons (Fsp3) is 0.677. The maximum Gasteiger partial charge on any atom is 0.170 e. The zero-order valence-electron chi connectivity index (χ0n) is 24.3. The van der Waals surface area contributed by atoms with Gasteiger partial charge in [0, 0.05) is 6.23 Å². The lowest BCUT2D eigenvalue weighted by atomic mass is 9.88. The monoisotopic (exact) mass is 504 g/mol. The summed E-state index contributed by atoms with van der Waals surface area (Å²) in [6, 6.07) is 1.40. The van der Waals surface area contributed by atoms with Crippen LogP contribution in [-0.2, 0) is 4.43 Å². The van der Waals surface area contributed by atoms with Gasteiger partial charge in [0.15, 0.2) is 9.04 Å². The van der Waals surface area contributed by atoms with E-state index >= 15 is 0 Å². The fourth-order valence-electron chi connectivity index (χ4n) is 3.99. The highest BCUT2D eigenvalue weighted by molar-refractivity contribution is 6.77. The molecular formula is C31H60OSi2. The third-order valence-corrected chi connectivity index (χ3v) is 10.5. The fourth-order valence-corrected chi connectivity index (χ4v) is 8.47. The molecular weight excluding hydrogens is 445 g/mol. The molecule has 0 amide bonds. The number of rotatable bonds is 19. The highest BCUT2D eigenvalue weighted by Gasteiger charge is 2.23. The van der Waals surface area contributed by atoms with E-state index in [2.05, 4.69) is 116 Å². The van der Waals surface area contributed by atoms with Crippen molar-refractivity contribution in [2.75, 3.05) is 6.23 Å². The zero-order valence-corrected chi connectivity index (χ0v) is 26.5. The number of hydrogen-bond donors (Lipinski definition) is 0. The van der Waals surface area contributed by atoms with Crippen LogP contribution in [0.15, 0.2) is 62.3 Å². The van der Waals surface area contributed by atoms with E-state index in [0.29, 0.717) is 17.8 Å². The molecule has 198 valence electrons. The van der Waals surface area contributed by atoms with E-state index < -0.39 is 17.1 Å². The molecule has 0 heterocycles. The predicted octanol–water partition coefficient (Wildman–Crippen LogP) is 10.2. The molecule has 3 heteroatoms. The average Bonchev–Trinajstić information content (AvgIpc) is 2.83. The molecule has 34 heavy (non-hydrogen) atoms. The topological polar surface area (TPSA) is 9.23 Å². The Bertz CT molecular complexity index is 562. The molecule has 1 nitrogen and oxygen atoms in total. The normalized spacial score (nSPS) is 15.6. The third-order valence-electron chi connectivity index (χ3n) is 6.73. The molecule has 0 spiro atoms. The highest BCUT2D eigenvalue weighted by Crippen LogP contribution is 2.27. The summed E-state index contributed by atoms with van der Waals surface area (Å²) in [6.45, 7) is 30.0. The summed E-state index contributed by atoms with van der Waals surface area (Å²) in [5, 5.41) is 0. The Morgan fingerprint density at radius 1 is 0.794 bits per heavy atom. The molecule has 0 fully saturated rings. The van der Waals surface area contributed by atoms with Crippen LogP contribution in [0.4, 0.5) is 0 Å².